The molecule has 2 fully saturated rings. The quantitative estimate of drug-likeness (QED) is 0.779. The third-order valence-electron chi connectivity index (χ3n) is 5.57. The fourth-order valence-electron chi connectivity index (χ4n) is 3.70. The molecule has 112 valence electrons. The predicted molar refractivity (Wildman–Crippen MR) is 80.5 cm³/mol. The van der Waals surface area contributed by atoms with Gasteiger partial charge in [-0.05, 0) is 59.0 Å². The van der Waals surface area contributed by atoms with Gasteiger partial charge in [-0.3, -0.25) is 4.90 Å². The third-order valence-corrected chi connectivity index (χ3v) is 5.57. The van der Waals surface area contributed by atoms with Crippen molar-refractivity contribution in [3.05, 3.63) is 0 Å². The maximum atomic E-state index is 5.50. The zero-order chi connectivity index (χ0) is 13.9. The Morgan fingerprint density at radius 1 is 1.11 bits per heavy atom. The standard InChI is InChI=1S/C16H32N2O/c1-5-14(2)17-8-6-15(7-9-17)16(3,4)18-10-12-19-13-11-18/h14-15H,5-13H2,1-4H3. The number of hydrogen-bond acceptors (Lipinski definition) is 3. The zero-order valence-corrected chi connectivity index (χ0v) is 13.3. The van der Waals surface area contributed by atoms with E-state index in [1.54, 1.807) is 0 Å². The van der Waals surface area contributed by atoms with E-state index in [9.17, 15) is 0 Å². The maximum absolute atomic E-state index is 5.50. The van der Waals surface area contributed by atoms with Crippen LogP contribution >= 0.6 is 0 Å². The number of ether oxygens (including phenoxy) is 1. The van der Waals surface area contributed by atoms with Crippen molar-refractivity contribution in [1.82, 2.24) is 9.80 Å². The minimum atomic E-state index is 0.339. The average molecular weight is 268 g/mol. The van der Waals surface area contributed by atoms with Gasteiger partial charge in [-0.2, -0.15) is 0 Å². The van der Waals surface area contributed by atoms with Crippen molar-refractivity contribution >= 4 is 0 Å². The molecule has 1 unspecified atom stereocenters. The summed E-state index contributed by atoms with van der Waals surface area (Å²) >= 11 is 0. The second kappa shape index (κ2) is 6.55. The van der Waals surface area contributed by atoms with E-state index in [1.165, 1.54) is 32.4 Å². The van der Waals surface area contributed by atoms with Crippen LogP contribution in [0.2, 0.25) is 0 Å². The first kappa shape index (κ1) is 15.3. The molecule has 0 aromatic heterocycles. The molecule has 0 bridgehead atoms. The molecule has 2 aliphatic rings. The number of rotatable bonds is 4. The van der Waals surface area contributed by atoms with Gasteiger partial charge in [-0.25, -0.2) is 0 Å². The Kier molecular flexibility index (Phi) is 5.27. The second-order valence-electron chi connectivity index (χ2n) is 6.82. The topological polar surface area (TPSA) is 15.7 Å². The highest BCUT2D eigenvalue weighted by atomic mass is 16.5. The van der Waals surface area contributed by atoms with Crippen molar-refractivity contribution in [2.75, 3.05) is 39.4 Å². The number of hydrogen-bond donors (Lipinski definition) is 0. The molecular formula is C16H32N2O. The van der Waals surface area contributed by atoms with Crippen LogP contribution in [-0.4, -0.2) is 60.8 Å². The highest BCUT2D eigenvalue weighted by Crippen LogP contribution is 2.33. The van der Waals surface area contributed by atoms with Gasteiger partial charge in [0.25, 0.3) is 0 Å². The van der Waals surface area contributed by atoms with Gasteiger partial charge in [0.05, 0.1) is 13.2 Å². The SMILES string of the molecule is CCC(C)N1CCC(C(C)(C)N2CCOCC2)CC1. The van der Waals surface area contributed by atoms with Crippen LogP contribution in [0.15, 0.2) is 0 Å². The Balaban J connectivity index is 1.88. The number of likely N-dealkylation sites (tertiary alicyclic amines) is 1. The molecule has 3 heteroatoms. The minimum Gasteiger partial charge on any atom is -0.379 e. The van der Waals surface area contributed by atoms with Crippen LogP contribution in [0.25, 0.3) is 0 Å². The monoisotopic (exact) mass is 268 g/mol. The van der Waals surface area contributed by atoms with E-state index in [0.29, 0.717) is 5.54 Å². The first-order valence-corrected chi connectivity index (χ1v) is 8.12. The first-order chi connectivity index (χ1) is 9.05. The Labute approximate surface area is 119 Å². The fraction of sp³-hybridized carbons (Fsp3) is 1.00. The van der Waals surface area contributed by atoms with E-state index < -0.39 is 0 Å². The molecular weight excluding hydrogens is 236 g/mol. The molecule has 2 saturated heterocycles. The lowest BCUT2D eigenvalue weighted by atomic mass is 9.78. The molecule has 0 saturated carbocycles. The van der Waals surface area contributed by atoms with Crippen molar-refractivity contribution in [3.63, 3.8) is 0 Å². The van der Waals surface area contributed by atoms with Crippen LogP contribution in [0, 0.1) is 5.92 Å². The van der Waals surface area contributed by atoms with Gasteiger partial charge < -0.3 is 9.64 Å². The van der Waals surface area contributed by atoms with Gasteiger partial charge in [0.15, 0.2) is 0 Å². The van der Waals surface area contributed by atoms with E-state index in [2.05, 4.69) is 37.5 Å². The molecule has 0 aromatic carbocycles. The number of morpholine rings is 1. The number of nitrogens with zero attached hydrogens (tertiary/aromatic N) is 2. The highest BCUT2D eigenvalue weighted by Gasteiger charge is 2.38. The van der Waals surface area contributed by atoms with Gasteiger partial charge in [-0.15, -0.1) is 0 Å². The Bertz CT molecular complexity index is 266. The van der Waals surface area contributed by atoms with Crippen LogP contribution in [0.3, 0.4) is 0 Å². The smallest absolute Gasteiger partial charge is 0.0594 e. The van der Waals surface area contributed by atoms with Crippen molar-refractivity contribution in [2.45, 2.75) is 58.5 Å². The van der Waals surface area contributed by atoms with Crippen LogP contribution < -0.4 is 0 Å². The zero-order valence-electron chi connectivity index (χ0n) is 13.3. The summed E-state index contributed by atoms with van der Waals surface area (Å²) in [6.07, 6.45) is 3.99. The Morgan fingerprint density at radius 3 is 2.21 bits per heavy atom. The van der Waals surface area contributed by atoms with Gasteiger partial charge in [0, 0.05) is 24.7 Å². The predicted octanol–water partition coefficient (Wildman–Crippen LogP) is 2.61. The summed E-state index contributed by atoms with van der Waals surface area (Å²) < 4.78 is 5.50. The molecule has 2 aliphatic heterocycles. The third kappa shape index (κ3) is 3.50. The lowest BCUT2D eigenvalue weighted by Crippen LogP contribution is -2.56. The van der Waals surface area contributed by atoms with Crippen molar-refractivity contribution in [3.8, 4) is 0 Å². The molecule has 2 rings (SSSR count). The molecule has 1 atom stereocenters. The minimum absolute atomic E-state index is 0.339. The van der Waals surface area contributed by atoms with Crippen molar-refractivity contribution in [2.24, 2.45) is 5.92 Å². The van der Waals surface area contributed by atoms with E-state index in [4.69, 9.17) is 4.74 Å². The summed E-state index contributed by atoms with van der Waals surface area (Å²) in [6, 6.07) is 0.757. The fourth-order valence-corrected chi connectivity index (χ4v) is 3.70. The highest BCUT2D eigenvalue weighted by molar-refractivity contribution is 4.93. The van der Waals surface area contributed by atoms with Gasteiger partial charge >= 0.3 is 0 Å². The van der Waals surface area contributed by atoms with E-state index in [1.807, 2.05) is 0 Å². The van der Waals surface area contributed by atoms with Gasteiger partial charge in [-0.1, -0.05) is 6.92 Å². The van der Waals surface area contributed by atoms with Crippen molar-refractivity contribution in [1.29, 1.82) is 0 Å². The molecule has 0 amide bonds. The van der Waals surface area contributed by atoms with Crippen molar-refractivity contribution < 1.29 is 4.74 Å². The molecule has 3 nitrogen and oxygen atoms in total. The first-order valence-electron chi connectivity index (χ1n) is 8.12. The maximum Gasteiger partial charge on any atom is 0.0594 e. The van der Waals surface area contributed by atoms with Crippen LogP contribution in [0.4, 0.5) is 0 Å². The van der Waals surface area contributed by atoms with Gasteiger partial charge in [0.2, 0.25) is 0 Å². The summed E-state index contributed by atoms with van der Waals surface area (Å²) in [6.45, 7) is 16.2. The summed E-state index contributed by atoms with van der Waals surface area (Å²) in [5, 5.41) is 0. The van der Waals surface area contributed by atoms with E-state index in [-0.39, 0.29) is 0 Å². The average Bonchev–Trinajstić information content (AvgIpc) is 2.47. The Morgan fingerprint density at radius 2 is 1.68 bits per heavy atom. The molecule has 0 spiro atoms. The summed E-state index contributed by atoms with van der Waals surface area (Å²) in [7, 11) is 0. The summed E-state index contributed by atoms with van der Waals surface area (Å²) in [5.74, 6) is 0.839. The molecule has 0 N–H and O–H groups in total. The van der Waals surface area contributed by atoms with Crippen LogP contribution in [0.1, 0.15) is 47.0 Å². The van der Waals surface area contributed by atoms with Crippen LogP contribution in [-0.2, 0) is 4.74 Å². The normalized spacial score (nSPS) is 26.5. The Hall–Kier alpha value is -0.120. The largest absolute Gasteiger partial charge is 0.379 e. The molecule has 0 aromatic rings. The number of piperidine rings is 1. The summed E-state index contributed by atoms with van der Waals surface area (Å²) in [4.78, 5) is 5.33. The molecule has 0 aliphatic carbocycles. The lowest BCUT2D eigenvalue weighted by molar-refractivity contribution is -0.0451. The van der Waals surface area contributed by atoms with Crippen LogP contribution in [0.5, 0.6) is 0 Å². The van der Waals surface area contributed by atoms with Gasteiger partial charge in [0.1, 0.15) is 0 Å². The summed E-state index contributed by atoms with van der Waals surface area (Å²) in [5.41, 5.74) is 0.339. The van der Waals surface area contributed by atoms with E-state index >= 15 is 0 Å². The molecule has 0 radical (unpaired) electrons. The van der Waals surface area contributed by atoms with E-state index in [0.717, 1.165) is 38.3 Å². The lowest BCUT2D eigenvalue weighted by Gasteiger charge is -2.49. The molecule has 2 heterocycles. The second-order valence-corrected chi connectivity index (χ2v) is 6.82. The molecule has 19 heavy (non-hydrogen) atoms.